The average molecular weight is 197 g/mol. The highest BCUT2D eigenvalue weighted by atomic mass is 16.5. The fourth-order valence-corrected chi connectivity index (χ4v) is 2.31. The minimum Gasteiger partial charge on any atom is -0.377 e. The van der Waals surface area contributed by atoms with Gasteiger partial charge in [-0.1, -0.05) is 19.8 Å². The van der Waals surface area contributed by atoms with Crippen molar-refractivity contribution in [2.75, 3.05) is 13.2 Å². The van der Waals surface area contributed by atoms with E-state index < -0.39 is 0 Å². The minimum absolute atomic E-state index is 0.555. The predicted octanol–water partition coefficient (Wildman–Crippen LogP) is 2.33. The van der Waals surface area contributed by atoms with Gasteiger partial charge in [-0.25, -0.2) is 0 Å². The average Bonchev–Trinajstić information content (AvgIpc) is 2.96. The second-order valence-corrected chi connectivity index (χ2v) is 4.99. The van der Waals surface area contributed by atoms with Gasteiger partial charge >= 0.3 is 0 Å². The van der Waals surface area contributed by atoms with Gasteiger partial charge in [0.05, 0.1) is 12.7 Å². The summed E-state index contributed by atoms with van der Waals surface area (Å²) in [6, 6.07) is 0.823. The predicted molar refractivity (Wildman–Crippen MR) is 58.4 cm³/mol. The second-order valence-electron chi connectivity index (χ2n) is 4.99. The van der Waals surface area contributed by atoms with E-state index in [1.165, 1.54) is 38.5 Å². The van der Waals surface area contributed by atoms with Crippen LogP contribution in [0.4, 0.5) is 0 Å². The number of ether oxygens (including phenoxy) is 1. The van der Waals surface area contributed by atoms with Gasteiger partial charge in [-0.15, -0.1) is 0 Å². The molecule has 0 aromatic rings. The van der Waals surface area contributed by atoms with Crippen LogP contribution in [0.15, 0.2) is 0 Å². The number of rotatable bonds is 5. The van der Waals surface area contributed by atoms with Crippen molar-refractivity contribution in [1.29, 1.82) is 0 Å². The molecule has 2 heteroatoms. The molecule has 0 spiro atoms. The summed E-state index contributed by atoms with van der Waals surface area (Å²) in [6.07, 6.45) is 8.64. The van der Waals surface area contributed by atoms with E-state index in [0.717, 1.165) is 25.1 Å². The lowest BCUT2D eigenvalue weighted by Crippen LogP contribution is -2.27. The van der Waals surface area contributed by atoms with Crippen LogP contribution in [0.2, 0.25) is 0 Å². The lowest BCUT2D eigenvalue weighted by molar-refractivity contribution is 0.0173. The molecule has 82 valence electrons. The highest BCUT2D eigenvalue weighted by molar-refractivity contribution is 4.80. The molecule has 0 aromatic carbocycles. The van der Waals surface area contributed by atoms with Gasteiger partial charge < -0.3 is 10.1 Å². The Morgan fingerprint density at radius 2 is 2.07 bits per heavy atom. The van der Waals surface area contributed by atoms with E-state index in [0.29, 0.717) is 6.10 Å². The van der Waals surface area contributed by atoms with Crippen LogP contribution in [-0.4, -0.2) is 25.3 Å². The molecule has 2 aliphatic carbocycles. The maximum absolute atomic E-state index is 5.87. The van der Waals surface area contributed by atoms with Crippen molar-refractivity contribution in [2.24, 2.45) is 5.92 Å². The Morgan fingerprint density at radius 3 is 2.79 bits per heavy atom. The molecular weight excluding hydrogens is 174 g/mol. The third kappa shape index (κ3) is 3.58. The Balaban J connectivity index is 1.50. The Kier molecular flexibility index (Phi) is 3.82. The van der Waals surface area contributed by atoms with Crippen LogP contribution < -0.4 is 5.32 Å². The molecule has 2 unspecified atom stereocenters. The second kappa shape index (κ2) is 5.13. The van der Waals surface area contributed by atoms with E-state index in [4.69, 9.17) is 4.74 Å². The lowest BCUT2D eigenvalue weighted by atomic mass is 9.89. The summed E-state index contributed by atoms with van der Waals surface area (Å²) in [5.41, 5.74) is 0. The molecule has 0 aliphatic heterocycles. The van der Waals surface area contributed by atoms with E-state index in [1.807, 2.05) is 0 Å². The normalized spacial score (nSPS) is 33.2. The van der Waals surface area contributed by atoms with Crippen LogP contribution in [-0.2, 0) is 4.74 Å². The zero-order valence-electron chi connectivity index (χ0n) is 9.30. The zero-order chi connectivity index (χ0) is 9.80. The van der Waals surface area contributed by atoms with Gasteiger partial charge in [-0.05, 0) is 31.6 Å². The van der Waals surface area contributed by atoms with Crippen molar-refractivity contribution in [2.45, 2.75) is 57.6 Å². The lowest BCUT2D eigenvalue weighted by Gasteiger charge is -2.26. The van der Waals surface area contributed by atoms with E-state index >= 15 is 0 Å². The molecule has 2 fully saturated rings. The molecule has 0 aromatic heterocycles. The fourth-order valence-electron chi connectivity index (χ4n) is 2.31. The van der Waals surface area contributed by atoms with Crippen molar-refractivity contribution in [1.82, 2.24) is 5.32 Å². The molecule has 0 amide bonds. The van der Waals surface area contributed by atoms with E-state index in [1.54, 1.807) is 0 Å². The van der Waals surface area contributed by atoms with Gasteiger partial charge in [-0.3, -0.25) is 0 Å². The van der Waals surface area contributed by atoms with Gasteiger partial charge in [0, 0.05) is 12.6 Å². The summed E-state index contributed by atoms with van der Waals surface area (Å²) in [7, 11) is 0. The smallest absolute Gasteiger partial charge is 0.0594 e. The van der Waals surface area contributed by atoms with Gasteiger partial charge in [0.2, 0.25) is 0 Å². The molecule has 2 aliphatic rings. The highest BCUT2D eigenvalue weighted by Gasteiger charge is 2.21. The summed E-state index contributed by atoms with van der Waals surface area (Å²) in [5.74, 6) is 0.880. The van der Waals surface area contributed by atoms with Crippen LogP contribution >= 0.6 is 0 Å². The summed E-state index contributed by atoms with van der Waals surface area (Å²) < 4.78 is 5.87. The number of hydrogen-bond acceptors (Lipinski definition) is 2. The van der Waals surface area contributed by atoms with Gasteiger partial charge in [-0.2, -0.15) is 0 Å². The topological polar surface area (TPSA) is 21.3 Å². The SMILES string of the molecule is CC1CCCC(OCCNC2CC2)C1. The number of nitrogens with one attached hydrogen (secondary N) is 1. The number of hydrogen-bond donors (Lipinski definition) is 1. The van der Waals surface area contributed by atoms with Crippen LogP contribution in [0.3, 0.4) is 0 Å². The molecule has 14 heavy (non-hydrogen) atoms. The van der Waals surface area contributed by atoms with E-state index in [2.05, 4.69) is 12.2 Å². The highest BCUT2D eigenvalue weighted by Crippen LogP contribution is 2.25. The maximum atomic E-state index is 5.87. The molecule has 0 radical (unpaired) electrons. The molecule has 0 bridgehead atoms. The van der Waals surface area contributed by atoms with Gasteiger partial charge in [0.25, 0.3) is 0 Å². The third-order valence-electron chi connectivity index (χ3n) is 3.35. The van der Waals surface area contributed by atoms with E-state index in [9.17, 15) is 0 Å². The first-order valence-corrected chi connectivity index (χ1v) is 6.19. The van der Waals surface area contributed by atoms with Gasteiger partial charge in [0.1, 0.15) is 0 Å². The molecule has 0 saturated heterocycles. The van der Waals surface area contributed by atoms with Crippen molar-refractivity contribution in [3.05, 3.63) is 0 Å². The van der Waals surface area contributed by atoms with Crippen molar-refractivity contribution in [3.8, 4) is 0 Å². The standard InChI is InChI=1S/C12H23NO/c1-10-3-2-4-12(9-10)14-8-7-13-11-5-6-11/h10-13H,2-9H2,1H3. The molecule has 2 nitrogen and oxygen atoms in total. The molecule has 2 saturated carbocycles. The quantitative estimate of drug-likeness (QED) is 0.683. The Labute approximate surface area is 87.4 Å². The van der Waals surface area contributed by atoms with Crippen LogP contribution in [0.5, 0.6) is 0 Å². The summed E-state index contributed by atoms with van der Waals surface area (Å²) >= 11 is 0. The molecule has 1 N–H and O–H groups in total. The zero-order valence-corrected chi connectivity index (χ0v) is 9.30. The van der Waals surface area contributed by atoms with Crippen molar-refractivity contribution < 1.29 is 4.74 Å². The van der Waals surface area contributed by atoms with Crippen LogP contribution in [0, 0.1) is 5.92 Å². The van der Waals surface area contributed by atoms with Crippen LogP contribution in [0.25, 0.3) is 0 Å². The molecule has 0 heterocycles. The largest absolute Gasteiger partial charge is 0.377 e. The van der Waals surface area contributed by atoms with E-state index in [-0.39, 0.29) is 0 Å². The Bertz CT molecular complexity index is 168. The van der Waals surface area contributed by atoms with Crippen LogP contribution in [0.1, 0.15) is 45.4 Å². The summed E-state index contributed by atoms with van der Waals surface area (Å²) in [5, 5.41) is 3.48. The van der Waals surface area contributed by atoms with Crippen molar-refractivity contribution >= 4 is 0 Å². The molecule has 2 rings (SSSR count). The maximum Gasteiger partial charge on any atom is 0.0594 e. The summed E-state index contributed by atoms with van der Waals surface area (Å²) in [4.78, 5) is 0. The first-order valence-electron chi connectivity index (χ1n) is 6.19. The molecular formula is C12H23NO. The van der Waals surface area contributed by atoms with Crippen molar-refractivity contribution in [3.63, 3.8) is 0 Å². The Hall–Kier alpha value is -0.0800. The Morgan fingerprint density at radius 1 is 1.21 bits per heavy atom. The minimum atomic E-state index is 0.555. The third-order valence-corrected chi connectivity index (χ3v) is 3.35. The summed E-state index contributed by atoms with van der Waals surface area (Å²) in [6.45, 7) is 4.31. The first-order chi connectivity index (χ1) is 6.84. The monoisotopic (exact) mass is 197 g/mol. The fraction of sp³-hybridized carbons (Fsp3) is 1.00. The van der Waals surface area contributed by atoms with Gasteiger partial charge in [0.15, 0.2) is 0 Å². The first kappa shape index (κ1) is 10.4. The molecule has 2 atom stereocenters.